The Morgan fingerprint density at radius 2 is 2.00 bits per heavy atom. The van der Waals surface area contributed by atoms with Crippen molar-refractivity contribution in [2.75, 3.05) is 20.2 Å². The fraction of sp³-hybridized carbons (Fsp3) is 0.412. The van der Waals surface area contributed by atoms with E-state index in [1.807, 2.05) is 25.1 Å². The van der Waals surface area contributed by atoms with Gasteiger partial charge in [-0.05, 0) is 48.9 Å². The number of amides is 1. The Morgan fingerprint density at radius 1 is 1.30 bits per heavy atom. The number of aryl methyl sites for hydroxylation is 1. The predicted molar refractivity (Wildman–Crippen MR) is 89.4 cm³/mol. The zero-order valence-electron chi connectivity index (χ0n) is 13.2. The molecular weight excluding hydrogens is 314 g/mol. The molecule has 1 aliphatic heterocycles. The summed E-state index contributed by atoms with van der Waals surface area (Å²) in [5, 5.41) is 10.1. The van der Waals surface area contributed by atoms with Crippen LogP contribution in [0.4, 0.5) is 0 Å². The minimum absolute atomic E-state index is 0.00602. The van der Waals surface area contributed by atoms with Gasteiger partial charge in [-0.1, -0.05) is 0 Å². The van der Waals surface area contributed by atoms with Gasteiger partial charge < -0.3 is 14.7 Å². The molecule has 1 N–H and O–H groups in total. The fourth-order valence-corrected chi connectivity index (χ4v) is 4.16. The Bertz CT molecular complexity index is 759. The Kier molecular flexibility index (Phi) is 4.26. The van der Waals surface area contributed by atoms with Crippen LogP contribution in [0, 0.1) is 12.8 Å². The Balaban J connectivity index is 1.84. The normalized spacial score (nSPS) is 15.8. The third kappa shape index (κ3) is 2.91. The molecule has 122 valence electrons. The van der Waals surface area contributed by atoms with Crippen LogP contribution in [-0.4, -0.2) is 42.1 Å². The highest BCUT2D eigenvalue weighted by Crippen LogP contribution is 2.34. The van der Waals surface area contributed by atoms with Gasteiger partial charge in [0.1, 0.15) is 5.75 Å². The Labute approximate surface area is 138 Å². The second kappa shape index (κ2) is 6.20. The van der Waals surface area contributed by atoms with Crippen LogP contribution in [0.25, 0.3) is 10.1 Å². The second-order valence-electron chi connectivity index (χ2n) is 5.82. The highest BCUT2D eigenvalue weighted by Gasteiger charge is 2.29. The van der Waals surface area contributed by atoms with Gasteiger partial charge in [0.05, 0.1) is 17.9 Å². The van der Waals surface area contributed by atoms with Gasteiger partial charge in [-0.15, -0.1) is 11.3 Å². The number of methoxy groups -OCH3 is 1. The molecule has 2 heterocycles. The van der Waals surface area contributed by atoms with Crippen molar-refractivity contribution < 1.29 is 19.4 Å². The molecule has 0 bridgehead atoms. The van der Waals surface area contributed by atoms with Crippen LogP contribution >= 0.6 is 11.3 Å². The van der Waals surface area contributed by atoms with E-state index in [0.29, 0.717) is 25.9 Å². The van der Waals surface area contributed by atoms with Crippen LogP contribution in [0.1, 0.15) is 28.1 Å². The molecule has 1 aliphatic rings. The first kappa shape index (κ1) is 15.8. The smallest absolute Gasteiger partial charge is 0.306 e. The quantitative estimate of drug-likeness (QED) is 0.937. The molecule has 6 heteroatoms. The molecule has 5 nitrogen and oxygen atoms in total. The summed E-state index contributed by atoms with van der Waals surface area (Å²) < 4.78 is 6.31. The van der Waals surface area contributed by atoms with E-state index >= 15 is 0 Å². The molecule has 23 heavy (non-hydrogen) atoms. The number of rotatable bonds is 3. The summed E-state index contributed by atoms with van der Waals surface area (Å²) in [6.07, 6.45) is 1.05. The average molecular weight is 333 g/mol. The van der Waals surface area contributed by atoms with Crippen molar-refractivity contribution in [3.05, 3.63) is 28.6 Å². The van der Waals surface area contributed by atoms with E-state index < -0.39 is 5.97 Å². The van der Waals surface area contributed by atoms with Gasteiger partial charge in [0.15, 0.2) is 0 Å². The SMILES string of the molecule is COc1ccc2sc(C(=O)N3CCC(C(=O)O)CC3)c(C)c2c1. The van der Waals surface area contributed by atoms with Gasteiger partial charge in [-0.25, -0.2) is 0 Å². The monoisotopic (exact) mass is 333 g/mol. The van der Waals surface area contributed by atoms with Crippen LogP contribution < -0.4 is 4.74 Å². The lowest BCUT2D eigenvalue weighted by Gasteiger charge is -2.30. The third-order valence-electron chi connectivity index (χ3n) is 4.47. The summed E-state index contributed by atoms with van der Waals surface area (Å²) in [5.74, 6) is -0.305. The van der Waals surface area contributed by atoms with E-state index in [4.69, 9.17) is 9.84 Å². The molecule has 2 aromatic rings. The van der Waals surface area contributed by atoms with E-state index in [9.17, 15) is 9.59 Å². The number of carbonyl (C=O) groups excluding carboxylic acids is 1. The first-order chi connectivity index (χ1) is 11.0. The predicted octanol–water partition coefficient (Wildman–Crippen LogP) is 3.16. The molecule has 1 amide bonds. The van der Waals surface area contributed by atoms with Gasteiger partial charge >= 0.3 is 5.97 Å². The molecule has 1 aromatic heterocycles. The van der Waals surface area contributed by atoms with E-state index in [0.717, 1.165) is 26.3 Å². The van der Waals surface area contributed by atoms with Crippen molar-refractivity contribution in [1.82, 2.24) is 4.90 Å². The maximum Gasteiger partial charge on any atom is 0.306 e. The number of ether oxygens (including phenoxy) is 1. The number of benzene rings is 1. The van der Waals surface area contributed by atoms with Crippen molar-refractivity contribution in [2.24, 2.45) is 5.92 Å². The summed E-state index contributed by atoms with van der Waals surface area (Å²) in [7, 11) is 1.63. The molecule has 1 aromatic carbocycles. The molecule has 1 saturated heterocycles. The number of piperidine rings is 1. The van der Waals surface area contributed by atoms with Crippen LogP contribution in [0.15, 0.2) is 18.2 Å². The van der Waals surface area contributed by atoms with Gasteiger partial charge in [0, 0.05) is 17.8 Å². The molecule has 0 atom stereocenters. The molecule has 0 spiro atoms. The highest BCUT2D eigenvalue weighted by atomic mass is 32.1. The number of carbonyl (C=O) groups is 2. The number of carboxylic acid groups (broad SMARTS) is 1. The Hall–Kier alpha value is -2.08. The zero-order valence-corrected chi connectivity index (χ0v) is 14.0. The number of thiophene rings is 1. The van der Waals surface area contributed by atoms with Crippen LogP contribution in [0.5, 0.6) is 5.75 Å². The maximum absolute atomic E-state index is 12.8. The first-order valence-corrected chi connectivity index (χ1v) is 8.42. The van der Waals surface area contributed by atoms with Gasteiger partial charge in [0.25, 0.3) is 5.91 Å². The minimum atomic E-state index is -0.762. The molecule has 3 rings (SSSR count). The lowest BCUT2D eigenvalue weighted by Crippen LogP contribution is -2.40. The van der Waals surface area contributed by atoms with Crippen LogP contribution in [-0.2, 0) is 4.79 Å². The minimum Gasteiger partial charge on any atom is -0.497 e. The molecular formula is C17H19NO4S. The summed E-state index contributed by atoms with van der Waals surface area (Å²) in [6, 6.07) is 5.82. The highest BCUT2D eigenvalue weighted by molar-refractivity contribution is 7.21. The van der Waals surface area contributed by atoms with E-state index in [-0.39, 0.29) is 11.8 Å². The van der Waals surface area contributed by atoms with Crippen molar-refractivity contribution in [3.8, 4) is 5.75 Å². The molecule has 0 unspecified atom stereocenters. The average Bonchev–Trinajstić information content (AvgIpc) is 2.90. The van der Waals surface area contributed by atoms with Crippen LogP contribution in [0.3, 0.4) is 0 Å². The number of fused-ring (bicyclic) bond motifs is 1. The van der Waals surface area contributed by atoms with Gasteiger partial charge in [0.2, 0.25) is 0 Å². The lowest BCUT2D eigenvalue weighted by atomic mass is 9.97. The topological polar surface area (TPSA) is 66.8 Å². The maximum atomic E-state index is 12.8. The summed E-state index contributed by atoms with van der Waals surface area (Å²) in [6.45, 7) is 2.97. The number of aliphatic carboxylic acids is 1. The number of carboxylic acids is 1. The van der Waals surface area contributed by atoms with Crippen LogP contribution in [0.2, 0.25) is 0 Å². The van der Waals surface area contributed by atoms with Crippen molar-refractivity contribution in [2.45, 2.75) is 19.8 Å². The zero-order chi connectivity index (χ0) is 16.6. The third-order valence-corrected chi connectivity index (χ3v) is 5.73. The summed E-state index contributed by atoms with van der Waals surface area (Å²) in [4.78, 5) is 26.3. The molecule has 0 aliphatic carbocycles. The van der Waals surface area contributed by atoms with E-state index in [2.05, 4.69) is 0 Å². The number of hydrogen-bond acceptors (Lipinski definition) is 4. The van der Waals surface area contributed by atoms with Gasteiger partial charge in [-0.3, -0.25) is 9.59 Å². The first-order valence-electron chi connectivity index (χ1n) is 7.60. The van der Waals surface area contributed by atoms with Crippen molar-refractivity contribution >= 4 is 33.3 Å². The molecule has 0 saturated carbocycles. The largest absolute Gasteiger partial charge is 0.497 e. The second-order valence-corrected chi connectivity index (χ2v) is 6.88. The number of hydrogen-bond donors (Lipinski definition) is 1. The number of nitrogens with zero attached hydrogens (tertiary/aromatic N) is 1. The fourth-order valence-electron chi connectivity index (χ4n) is 3.00. The van der Waals surface area contributed by atoms with Gasteiger partial charge in [-0.2, -0.15) is 0 Å². The van der Waals surface area contributed by atoms with E-state index in [1.54, 1.807) is 12.0 Å². The molecule has 0 radical (unpaired) electrons. The van der Waals surface area contributed by atoms with Crippen molar-refractivity contribution in [1.29, 1.82) is 0 Å². The molecule has 1 fully saturated rings. The van der Waals surface area contributed by atoms with E-state index in [1.165, 1.54) is 11.3 Å². The lowest BCUT2D eigenvalue weighted by molar-refractivity contribution is -0.143. The number of likely N-dealkylation sites (tertiary alicyclic amines) is 1. The summed E-state index contributed by atoms with van der Waals surface area (Å²) in [5.41, 5.74) is 0.967. The standard InChI is InChI=1S/C17H19NO4S/c1-10-13-9-12(22-2)3-4-14(13)23-15(10)16(19)18-7-5-11(6-8-18)17(20)21/h3-4,9,11H,5-8H2,1-2H3,(H,20,21). The van der Waals surface area contributed by atoms with Crippen molar-refractivity contribution in [3.63, 3.8) is 0 Å². The Morgan fingerprint density at radius 3 is 2.61 bits per heavy atom. The summed E-state index contributed by atoms with van der Waals surface area (Å²) >= 11 is 1.49.